The first-order chi connectivity index (χ1) is 10.1. The lowest BCUT2D eigenvalue weighted by molar-refractivity contribution is 0.0285. The Labute approximate surface area is 126 Å². The van der Waals surface area contributed by atoms with Gasteiger partial charge in [-0.3, -0.25) is 9.78 Å². The van der Waals surface area contributed by atoms with E-state index in [1.54, 1.807) is 12.3 Å². The first-order valence-corrected chi connectivity index (χ1v) is 7.60. The molecule has 0 saturated carbocycles. The van der Waals surface area contributed by atoms with Crippen molar-refractivity contribution >= 4 is 5.91 Å². The summed E-state index contributed by atoms with van der Waals surface area (Å²) in [6, 6.07) is 3.63. The van der Waals surface area contributed by atoms with Gasteiger partial charge in [0.2, 0.25) is 0 Å². The molecule has 2 rings (SSSR count). The van der Waals surface area contributed by atoms with E-state index in [1.165, 1.54) is 0 Å². The van der Waals surface area contributed by atoms with Gasteiger partial charge in [0.05, 0.1) is 6.61 Å². The number of aryl methyl sites for hydroxylation is 1. The topological polar surface area (TPSA) is 53.4 Å². The third kappa shape index (κ3) is 3.50. The monoisotopic (exact) mass is 288 g/mol. The maximum Gasteiger partial charge on any atom is 0.253 e. The van der Waals surface area contributed by atoms with Crippen molar-refractivity contribution in [3.63, 3.8) is 0 Å². The number of aromatic nitrogens is 1. The van der Waals surface area contributed by atoms with Crippen LogP contribution in [0.25, 0.3) is 0 Å². The number of aliphatic hydroxyl groups excluding tert-OH is 1. The SMILES string of the molecule is C=CCC1(CO)CCCN(C(=O)c2ccnc(CC)c2)C1. The summed E-state index contributed by atoms with van der Waals surface area (Å²) in [5, 5.41) is 9.73. The number of allylic oxidation sites excluding steroid dienone is 1. The summed E-state index contributed by atoms with van der Waals surface area (Å²) >= 11 is 0. The van der Waals surface area contributed by atoms with Gasteiger partial charge >= 0.3 is 0 Å². The highest BCUT2D eigenvalue weighted by molar-refractivity contribution is 5.94. The second-order valence-electron chi connectivity index (χ2n) is 5.87. The number of rotatable bonds is 5. The fourth-order valence-electron chi connectivity index (χ4n) is 3.03. The average molecular weight is 288 g/mol. The Morgan fingerprint density at radius 2 is 2.43 bits per heavy atom. The van der Waals surface area contributed by atoms with Gasteiger partial charge in [0.15, 0.2) is 0 Å². The average Bonchev–Trinajstić information content (AvgIpc) is 2.54. The molecule has 1 atom stereocenters. The highest BCUT2D eigenvalue weighted by Gasteiger charge is 2.35. The van der Waals surface area contributed by atoms with E-state index >= 15 is 0 Å². The molecule has 4 nitrogen and oxygen atoms in total. The molecule has 0 radical (unpaired) electrons. The molecule has 1 amide bonds. The van der Waals surface area contributed by atoms with Crippen molar-refractivity contribution < 1.29 is 9.90 Å². The van der Waals surface area contributed by atoms with Gasteiger partial charge < -0.3 is 10.0 Å². The van der Waals surface area contributed by atoms with Crippen molar-refractivity contribution in [2.24, 2.45) is 5.41 Å². The molecule has 1 saturated heterocycles. The van der Waals surface area contributed by atoms with Crippen LogP contribution < -0.4 is 0 Å². The third-order valence-corrected chi connectivity index (χ3v) is 4.29. The van der Waals surface area contributed by atoms with E-state index in [9.17, 15) is 9.90 Å². The highest BCUT2D eigenvalue weighted by Crippen LogP contribution is 2.33. The first kappa shape index (κ1) is 15.7. The van der Waals surface area contributed by atoms with Crippen molar-refractivity contribution in [3.05, 3.63) is 42.2 Å². The number of nitrogens with zero attached hydrogens (tertiary/aromatic N) is 2. The Balaban J connectivity index is 2.16. The molecule has 2 heterocycles. The Morgan fingerprint density at radius 1 is 1.62 bits per heavy atom. The van der Waals surface area contributed by atoms with E-state index in [4.69, 9.17) is 0 Å². The standard InChI is InChI=1S/C17H24N2O2/c1-3-7-17(13-20)8-5-10-19(12-17)16(21)14-6-9-18-15(4-2)11-14/h3,6,9,11,20H,1,4-5,7-8,10,12-13H2,2H3. The predicted octanol–water partition coefficient (Wildman–Crippen LogP) is 2.43. The minimum Gasteiger partial charge on any atom is -0.396 e. The molecule has 114 valence electrons. The quantitative estimate of drug-likeness (QED) is 0.847. The highest BCUT2D eigenvalue weighted by atomic mass is 16.3. The summed E-state index contributed by atoms with van der Waals surface area (Å²) in [6.07, 6.45) is 6.95. The van der Waals surface area contributed by atoms with Gasteiger partial charge in [-0.15, -0.1) is 6.58 Å². The Kier molecular flexibility index (Phi) is 5.12. The maximum atomic E-state index is 12.7. The summed E-state index contributed by atoms with van der Waals surface area (Å²) in [5.74, 6) is 0.0358. The van der Waals surface area contributed by atoms with Gasteiger partial charge in [0.25, 0.3) is 5.91 Å². The molecule has 1 aromatic rings. The van der Waals surface area contributed by atoms with Crippen LogP contribution in [0, 0.1) is 5.41 Å². The van der Waals surface area contributed by atoms with Gasteiger partial charge in [-0.1, -0.05) is 13.0 Å². The number of pyridine rings is 1. The summed E-state index contributed by atoms with van der Waals surface area (Å²) in [6.45, 7) is 7.25. The molecule has 1 unspecified atom stereocenters. The van der Waals surface area contributed by atoms with Crippen LogP contribution in [0.15, 0.2) is 31.0 Å². The molecule has 0 spiro atoms. The van der Waals surface area contributed by atoms with Crippen molar-refractivity contribution in [2.75, 3.05) is 19.7 Å². The van der Waals surface area contributed by atoms with Gasteiger partial charge in [0.1, 0.15) is 0 Å². The van der Waals surface area contributed by atoms with Crippen LogP contribution in [0.4, 0.5) is 0 Å². The second kappa shape index (κ2) is 6.85. The second-order valence-corrected chi connectivity index (χ2v) is 5.87. The van der Waals surface area contributed by atoms with E-state index in [1.807, 2.05) is 24.0 Å². The van der Waals surface area contributed by atoms with Gasteiger partial charge in [-0.2, -0.15) is 0 Å². The molecule has 0 aliphatic carbocycles. The third-order valence-electron chi connectivity index (χ3n) is 4.29. The van der Waals surface area contributed by atoms with E-state index in [-0.39, 0.29) is 17.9 Å². The van der Waals surface area contributed by atoms with Crippen molar-refractivity contribution in [3.8, 4) is 0 Å². The Hall–Kier alpha value is -1.68. The Bertz CT molecular complexity index is 515. The van der Waals surface area contributed by atoms with Crippen LogP contribution in [0.5, 0.6) is 0 Å². The predicted molar refractivity (Wildman–Crippen MR) is 83.1 cm³/mol. The molecule has 1 N–H and O–H groups in total. The van der Waals surface area contributed by atoms with Crippen LogP contribution in [0.1, 0.15) is 42.2 Å². The van der Waals surface area contributed by atoms with Crippen LogP contribution in [-0.2, 0) is 6.42 Å². The van der Waals surface area contributed by atoms with E-state index in [0.29, 0.717) is 12.1 Å². The number of carbonyl (C=O) groups is 1. The van der Waals surface area contributed by atoms with Crippen molar-refractivity contribution in [1.82, 2.24) is 9.88 Å². The van der Waals surface area contributed by atoms with Crippen LogP contribution in [0.3, 0.4) is 0 Å². The summed E-state index contributed by atoms with van der Waals surface area (Å²) in [4.78, 5) is 18.8. The lowest BCUT2D eigenvalue weighted by Crippen LogP contribution is -2.47. The number of amides is 1. The molecule has 1 aliphatic heterocycles. The molecular formula is C17H24N2O2. The normalized spacial score (nSPS) is 22.1. The number of aliphatic hydroxyl groups is 1. The fourth-order valence-corrected chi connectivity index (χ4v) is 3.03. The van der Waals surface area contributed by atoms with Crippen LogP contribution >= 0.6 is 0 Å². The molecule has 1 fully saturated rings. The number of hydrogen-bond donors (Lipinski definition) is 1. The number of piperidine rings is 1. The molecule has 4 heteroatoms. The van der Waals surface area contributed by atoms with Crippen molar-refractivity contribution in [1.29, 1.82) is 0 Å². The molecular weight excluding hydrogens is 264 g/mol. The fraction of sp³-hybridized carbons (Fsp3) is 0.529. The minimum absolute atomic E-state index is 0.0358. The zero-order valence-electron chi connectivity index (χ0n) is 12.7. The van der Waals surface area contributed by atoms with Crippen LogP contribution in [-0.4, -0.2) is 40.6 Å². The lowest BCUT2D eigenvalue weighted by atomic mass is 9.77. The summed E-state index contributed by atoms with van der Waals surface area (Å²) in [5.41, 5.74) is 1.39. The molecule has 0 bridgehead atoms. The zero-order valence-corrected chi connectivity index (χ0v) is 12.7. The van der Waals surface area contributed by atoms with E-state index in [2.05, 4.69) is 11.6 Å². The molecule has 21 heavy (non-hydrogen) atoms. The van der Waals surface area contributed by atoms with Gasteiger partial charge in [-0.25, -0.2) is 0 Å². The molecule has 1 aliphatic rings. The van der Waals surface area contributed by atoms with Crippen LogP contribution in [0.2, 0.25) is 0 Å². The maximum absolute atomic E-state index is 12.7. The number of hydrogen-bond acceptors (Lipinski definition) is 3. The van der Waals surface area contributed by atoms with Gasteiger partial charge in [0, 0.05) is 36.0 Å². The summed E-state index contributed by atoms with van der Waals surface area (Å²) < 4.78 is 0. The van der Waals surface area contributed by atoms with Gasteiger partial charge in [-0.05, 0) is 37.8 Å². The first-order valence-electron chi connectivity index (χ1n) is 7.60. The molecule has 1 aromatic heterocycles. The minimum atomic E-state index is -0.226. The number of carbonyl (C=O) groups excluding carboxylic acids is 1. The molecule has 0 aromatic carbocycles. The van der Waals surface area contributed by atoms with Crippen molar-refractivity contribution in [2.45, 2.75) is 32.6 Å². The smallest absolute Gasteiger partial charge is 0.253 e. The lowest BCUT2D eigenvalue weighted by Gasteiger charge is -2.41. The Morgan fingerprint density at radius 3 is 3.10 bits per heavy atom. The van der Waals surface area contributed by atoms with E-state index < -0.39 is 0 Å². The number of likely N-dealkylation sites (tertiary alicyclic amines) is 1. The zero-order chi connectivity index (χ0) is 15.3. The largest absolute Gasteiger partial charge is 0.396 e. The van der Waals surface area contributed by atoms with E-state index in [0.717, 1.165) is 37.9 Å². The summed E-state index contributed by atoms with van der Waals surface area (Å²) in [7, 11) is 0.